The lowest BCUT2D eigenvalue weighted by molar-refractivity contribution is -0.138. The van der Waals surface area contributed by atoms with Crippen LogP contribution in [-0.4, -0.2) is 52.6 Å². The van der Waals surface area contributed by atoms with Crippen molar-refractivity contribution in [3.8, 4) is 0 Å². The summed E-state index contributed by atoms with van der Waals surface area (Å²) in [7, 11) is 0. The number of carbonyl (C=O) groups excluding carboxylic acids is 1. The number of hydrogen-bond donors (Lipinski definition) is 1. The quantitative estimate of drug-likeness (QED) is 0.796. The maximum Gasteiger partial charge on any atom is 0.320 e. The van der Waals surface area contributed by atoms with Gasteiger partial charge < -0.3 is 14.9 Å². The largest absolute Gasteiger partial charge is 0.481 e. The summed E-state index contributed by atoms with van der Waals surface area (Å²) >= 11 is 0. The number of urea groups is 1. The molecule has 0 aromatic carbocycles. The van der Waals surface area contributed by atoms with Gasteiger partial charge >= 0.3 is 12.0 Å². The summed E-state index contributed by atoms with van der Waals surface area (Å²) in [6.45, 7) is 2.37. The van der Waals surface area contributed by atoms with Crippen molar-refractivity contribution in [2.75, 3.05) is 19.6 Å². The molecule has 1 N–H and O–H groups in total. The van der Waals surface area contributed by atoms with Crippen LogP contribution in [0.5, 0.6) is 0 Å². The predicted molar refractivity (Wildman–Crippen MR) is 62.8 cm³/mol. The van der Waals surface area contributed by atoms with Crippen LogP contribution in [0.15, 0.2) is 0 Å². The Bertz CT molecular complexity index is 300. The Labute approximate surface area is 101 Å². The molecule has 1 atom stereocenters. The zero-order valence-electron chi connectivity index (χ0n) is 10.1. The molecular weight excluding hydrogens is 220 g/mol. The van der Waals surface area contributed by atoms with Crippen LogP contribution in [0.1, 0.15) is 38.5 Å². The van der Waals surface area contributed by atoms with Crippen molar-refractivity contribution in [2.45, 2.75) is 44.6 Å². The summed E-state index contributed by atoms with van der Waals surface area (Å²) in [6, 6.07) is -0.0530. The van der Waals surface area contributed by atoms with Crippen LogP contribution < -0.4 is 0 Å². The first-order valence-electron chi connectivity index (χ1n) is 6.46. The van der Waals surface area contributed by atoms with Gasteiger partial charge in [0.1, 0.15) is 0 Å². The number of hydrogen-bond acceptors (Lipinski definition) is 2. The Morgan fingerprint density at radius 3 is 2.35 bits per heavy atom. The van der Waals surface area contributed by atoms with Gasteiger partial charge in [-0.3, -0.25) is 4.79 Å². The van der Waals surface area contributed by atoms with E-state index in [1.54, 1.807) is 4.90 Å². The molecule has 0 aliphatic carbocycles. The molecule has 2 rings (SSSR count). The van der Waals surface area contributed by atoms with Crippen LogP contribution in [0.25, 0.3) is 0 Å². The highest BCUT2D eigenvalue weighted by Gasteiger charge is 2.32. The van der Waals surface area contributed by atoms with Gasteiger partial charge in [0, 0.05) is 25.7 Å². The van der Waals surface area contributed by atoms with E-state index >= 15 is 0 Å². The van der Waals surface area contributed by atoms with Gasteiger partial charge in [0.25, 0.3) is 0 Å². The van der Waals surface area contributed by atoms with Gasteiger partial charge in [-0.15, -0.1) is 0 Å². The Morgan fingerprint density at radius 1 is 1.06 bits per heavy atom. The molecule has 0 radical (unpaired) electrons. The molecule has 2 saturated heterocycles. The van der Waals surface area contributed by atoms with Crippen LogP contribution in [0.2, 0.25) is 0 Å². The van der Waals surface area contributed by atoms with Gasteiger partial charge in [0.2, 0.25) is 0 Å². The second kappa shape index (κ2) is 5.38. The fraction of sp³-hybridized carbons (Fsp3) is 0.833. The van der Waals surface area contributed by atoms with Gasteiger partial charge in [-0.2, -0.15) is 0 Å². The number of amides is 2. The molecule has 0 spiro atoms. The zero-order valence-corrected chi connectivity index (χ0v) is 10.1. The molecule has 2 aliphatic rings. The van der Waals surface area contributed by atoms with Crippen LogP contribution in [0, 0.1) is 0 Å². The highest BCUT2D eigenvalue weighted by Crippen LogP contribution is 2.22. The highest BCUT2D eigenvalue weighted by molar-refractivity contribution is 5.76. The first-order valence-corrected chi connectivity index (χ1v) is 6.46. The predicted octanol–water partition coefficient (Wildman–Crippen LogP) is 1.53. The van der Waals surface area contributed by atoms with E-state index in [4.69, 9.17) is 5.11 Å². The summed E-state index contributed by atoms with van der Waals surface area (Å²) < 4.78 is 0. The Hall–Kier alpha value is -1.26. The molecule has 17 heavy (non-hydrogen) atoms. The van der Waals surface area contributed by atoms with Gasteiger partial charge in [0.05, 0.1) is 6.42 Å². The van der Waals surface area contributed by atoms with E-state index in [2.05, 4.69) is 0 Å². The highest BCUT2D eigenvalue weighted by atomic mass is 16.4. The number of carbonyl (C=O) groups is 2. The molecule has 1 unspecified atom stereocenters. The van der Waals surface area contributed by atoms with Gasteiger partial charge in [-0.25, -0.2) is 4.79 Å². The summed E-state index contributed by atoms with van der Waals surface area (Å²) in [4.78, 5) is 26.7. The van der Waals surface area contributed by atoms with E-state index in [9.17, 15) is 9.59 Å². The van der Waals surface area contributed by atoms with Crippen molar-refractivity contribution >= 4 is 12.0 Å². The van der Waals surface area contributed by atoms with Gasteiger partial charge in [-0.1, -0.05) is 0 Å². The minimum atomic E-state index is -0.809. The van der Waals surface area contributed by atoms with Gasteiger partial charge in [0.15, 0.2) is 0 Å². The fourth-order valence-electron chi connectivity index (χ4n) is 2.76. The first-order chi connectivity index (χ1) is 8.18. The molecule has 96 valence electrons. The van der Waals surface area contributed by atoms with E-state index in [1.807, 2.05) is 4.90 Å². The normalized spacial score (nSPS) is 25.1. The summed E-state index contributed by atoms with van der Waals surface area (Å²) in [5, 5.41) is 8.88. The van der Waals surface area contributed by atoms with Crippen molar-refractivity contribution in [1.29, 1.82) is 0 Å². The minimum absolute atomic E-state index is 0.0495. The van der Waals surface area contributed by atoms with E-state index in [0.717, 1.165) is 45.2 Å². The minimum Gasteiger partial charge on any atom is -0.481 e. The summed E-state index contributed by atoms with van der Waals surface area (Å²) in [6.07, 6.45) is 5.08. The number of nitrogens with zero attached hydrogens (tertiary/aromatic N) is 2. The smallest absolute Gasteiger partial charge is 0.320 e. The molecular formula is C12H20N2O3. The Morgan fingerprint density at radius 2 is 1.71 bits per heavy atom. The third-order valence-corrected chi connectivity index (χ3v) is 3.66. The van der Waals surface area contributed by atoms with Crippen molar-refractivity contribution in [3.63, 3.8) is 0 Å². The second-order valence-corrected chi connectivity index (χ2v) is 4.92. The molecule has 2 aliphatic heterocycles. The summed E-state index contributed by atoms with van der Waals surface area (Å²) in [5.41, 5.74) is 0. The fourth-order valence-corrected chi connectivity index (χ4v) is 2.76. The van der Waals surface area contributed by atoms with E-state index in [-0.39, 0.29) is 18.5 Å². The van der Waals surface area contributed by atoms with Crippen LogP contribution in [0.4, 0.5) is 4.79 Å². The third kappa shape index (κ3) is 2.90. The SMILES string of the molecule is O=C(O)CC1CCCCN1C(=O)N1CCCC1. The van der Waals surface area contributed by atoms with E-state index in [1.165, 1.54) is 0 Å². The average molecular weight is 240 g/mol. The van der Waals surface area contributed by atoms with Crippen LogP contribution in [-0.2, 0) is 4.79 Å². The molecule has 0 saturated carbocycles. The number of likely N-dealkylation sites (tertiary alicyclic amines) is 2. The molecule has 0 aromatic rings. The number of carboxylic acid groups (broad SMARTS) is 1. The standard InChI is InChI=1S/C12H20N2O3/c15-11(16)9-10-5-1-2-8-14(10)12(17)13-6-3-4-7-13/h10H,1-9H2,(H,15,16). The Balaban J connectivity index is 1.99. The van der Waals surface area contributed by atoms with Crippen molar-refractivity contribution in [2.24, 2.45) is 0 Å². The average Bonchev–Trinajstić information content (AvgIpc) is 2.81. The molecule has 5 heteroatoms. The number of carboxylic acids is 1. The lowest BCUT2D eigenvalue weighted by atomic mass is 10.00. The second-order valence-electron chi connectivity index (χ2n) is 4.92. The van der Waals surface area contributed by atoms with Crippen LogP contribution in [0.3, 0.4) is 0 Å². The van der Waals surface area contributed by atoms with Crippen molar-refractivity contribution in [3.05, 3.63) is 0 Å². The topological polar surface area (TPSA) is 60.9 Å². The van der Waals surface area contributed by atoms with Gasteiger partial charge in [-0.05, 0) is 32.1 Å². The van der Waals surface area contributed by atoms with Crippen molar-refractivity contribution in [1.82, 2.24) is 9.80 Å². The van der Waals surface area contributed by atoms with E-state index in [0.29, 0.717) is 6.54 Å². The third-order valence-electron chi connectivity index (χ3n) is 3.66. The molecule has 0 aromatic heterocycles. The molecule has 2 fully saturated rings. The molecule has 2 amide bonds. The number of aliphatic carboxylic acids is 1. The number of rotatable bonds is 2. The maximum absolute atomic E-state index is 12.3. The molecule has 5 nitrogen and oxygen atoms in total. The summed E-state index contributed by atoms with van der Waals surface area (Å²) in [5.74, 6) is -0.809. The lowest BCUT2D eigenvalue weighted by Crippen LogP contribution is -2.50. The molecule has 2 heterocycles. The number of piperidine rings is 1. The maximum atomic E-state index is 12.3. The van der Waals surface area contributed by atoms with E-state index < -0.39 is 5.97 Å². The molecule has 0 bridgehead atoms. The zero-order chi connectivity index (χ0) is 12.3. The first kappa shape index (κ1) is 12.2. The lowest BCUT2D eigenvalue weighted by Gasteiger charge is -2.37. The van der Waals surface area contributed by atoms with Crippen molar-refractivity contribution < 1.29 is 14.7 Å². The Kier molecular flexibility index (Phi) is 3.86. The monoisotopic (exact) mass is 240 g/mol. The van der Waals surface area contributed by atoms with Crippen LogP contribution >= 0.6 is 0 Å².